The molecular formula is C19H31N5O. The van der Waals surface area contributed by atoms with Crippen molar-refractivity contribution in [1.29, 1.82) is 0 Å². The molecule has 138 valence electrons. The number of aromatic nitrogens is 1. The lowest BCUT2D eigenvalue weighted by molar-refractivity contribution is 0.139. The van der Waals surface area contributed by atoms with E-state index >= 15 is 0 Å². The fourth-order valence-electron chi connectivity index (χ4n) is 3.50. The Morgan fingerprint density at radius 2 is 2.16 bits per heavy atom. The van der Waals surface area contributed by atoms with Crippen LogP contribution in [0.1, 0.15) is 24.7 Å². The molecule has 2 saturated heterocycles. The molecule has 0 unspecified atom stereocenters. The third-order valence-corrected chi connectivity index (χ3v) is 4.88. The van der Waals surface area contributed by atoms with Gasteiger partial charge in [-0.15, -0.1) is 0 Å². The highest BCUT2D eigenvalue weighted by Gasteiger charge is 2.23. The smallest absolute Gasteiger partial charge is 0.194 e. The van der Waals surface area contributed by atoms with Crippen LogP contribution in [0.5, 0.6) is 0 Å². The van der Waals surface area contributed by atoms with E-state index in [1.807, 2.05) is 25.1 Å². The number of rotatable bonds is 5. The van der Waals surface area contributed by atoms with Crippen LogP contribution in [-0.2, 0) is 11.3 Å². The largest absolute Gasteiger partial charge is 0.381 e. The summed E-state index contributed by atoms with van der Waals surface area (Å²) < 4.78 is 5.50. The average Bonchev–Trinajstić information content (AvgIpc) is 3.12. The molecule has 0 saturated carbocycles. The Balaban J connectivity index is 1.53. The third-order valence-electron chi connectivity index (χ3n) is 4.88. The minimum Gasteiger partial charge on any atom is -0.381 e. The molecular weight excluding hydrogens is 314 g/mol. The molecule has 2 aliphatic rings. The van der Waals surface area contributed by atoms with Crippen LogP contribution in [0, 0.1) is 12.8 Å². The van der Waals surface area contributed by atoms with Crippen molar-refractivity contribution in [3.63, 3.8) is 0 Å². The van der Waals surface area contributed by atoms with Crippen molar-refractivity contribution in [2.24, 2.45) is 10.9 Å². The molecule has 0 spiro atoms. The van der Waals surface area contributed by atoms with Gasteiger partial charge in [-0.2, -0.15) is 0 Å². The van der Waals surface area contributed by atoms with Gasteiger partial charge in [-0.05, 0) is 38.3 Å². The van der Waals surface area contributed by atoms with E-state index in [-0.39, 0.29) is 0 Å². The zero-order valence-corrected chi connectivity index (χ0v) is 15.6. The number of piperazine rings is 1. The highest BCUT2D eigenvalue weighted by Crippen LogP contribution is 2.15. The minimum absolute atomic E-state index is 0.629. The molecule has 0 aromatic carbocycles. The maximum Gasteiger partial charge on any atom is 0.194 e. The van der Waals surface area contributed by atoms with Gasteiger partial charge in [-0.3, -0.25) is 9.88 Å². The fourth-order valence-corrected chi connectivity index (χ4v) is 3.50. The Kier molecular flexibility index (Phi) is 6.64. The van der Waals surface area contributed by atoms with Gasteiger partial charge in [0.1, 0.15) is 0 Å². The predicted octanol–water partition coefficient (Wildman–Crippen LogP) is 1.51. The monoisotopic (exact) mass is 345 g/mol. The lowest BCUT2D eigenvalue weighted by atomic mass is 10.1. The van der Waals surface area contributed by atoms with E-state index < -0.39 is 0 Å². The molecule has 1 atom stereocenters. The van der Waals surface area contributed by atoms with E-state index in [0.717, 1.165) is 69.2 Å². The van der Waals surface area contributed by atoms with Crippen LogP contribution >= 0.6 is 0 Å². The summed E-state index contributed by atoms with van der Waals surface area (Å²) >= 11 is 0. The minimum atomic E-state index is 0.629. The van der Waals surface area contributed by atoms with Crippen LogP contribution in [0.15, 0.2) is 23.2 Å². The van der Waals surface area contributed by atoms with E-state index in [2.05, 4.69) is 27.0 Å². The Hall–Kier alpha value is -1.66. The van der Waals surface area contributed by atoms with Crippen LogP contribution in [0.25, 0.3) is 0 Å². The van der Waals surface area contributed by atoms with Gasteiger partial charge >= 0.3 is 0 Å². The number of aliphatic imine (C=N–C) groups is 1. The fraction of sp³-hybridized carbons (Fsp3) is 0.684. The van der Waals surface area contributed by atoms with Crippen molar-refractivity contribution in [2.75, 3.05) is 52.5 Å². The van der Waals surface area contributed by atoms with Gasteiger partial charge in [0, 0.05) is 51.6 Å². The molecule has 25 heavy (non-hydrogen) atoms. The van der Waals surface area contributed by atoms with Crippen molar-refractivity contribution in [1.82, 2.24) is 20.1 Å². The zero-order valence-electron chi connectivity index (χ0n) is 15.6. The van der Waals surface area contributed by atoms with Crippen molar-refractivity contribution in [3.8, 4) is 0 Å². The first-order valence-electron chi connectivity index (χ1n) is 9.50. The highest BCUT2D eigenvalue weighted by atomic mass is 16.5. The first-order valence-corrected chi connectivity index (χ1v) is 9.50. The van der Waals surface area contributed by atoms with E-state index in [1.165, 1.54) is 13.0 Å². The summed E-state index contributed by atoms with van der Waals surface area (Å²) in [5.41, 5.74) is 2.07. The maximum absolute atomic E-state index is 5.50. The van der Waals surface area contributed by atoms with Crippen molar-refractivity contribution >= 4 is 5.96 Å². The number of guanidine groups is 1. The Morgan fingerprint density at radius 1 is 1.32 bits per heavy atom. The second-order valence-electron chi connectivity index (χ2n) is 6.96. The second kappa shape index (κ2) is 9.15. The van der Waals surface area contributed by atoms with Gasteiger partial charge in [0.05, 0.1) is 18.8 Å². The molecule has 1 aromatic heterocycles. The number of hydrogen-bond acceptors (Lipinski definition) is 4. The Morgan fingerprint density at radius 3 is 2.84 bits per heavy atom. The Bertz CT molecular complexity index is 563. The number of hydrogen-bond donors (Lipinski definition) is 1. The third kappa shape index (κ3) is 5.41. The number of nitrogens with zero attached hydrogens (tertiary/aromatic N) is 4. The lowest BCUT2D eigenvalue weighted by Gasteiger charge is -2.37. The standard InChI is InChI=1S/C19H31N5O/c1-3-20-19(21-13-18-6-4-5-16(2)22-18)24-10-8-23(9-11-24)14-17-7-12-25-15-17/h4-6,17H,3,7-15H2,1-2H3,(H,20,21)/t17-/m0/s1. The van der Waals surface area contributed by atoms with E-state index in [1.54, 1.807) is 0 Å². The molecule has 0 amide bonds. The Labute approximate surface area is 151 Å². The molecule has 3 rings (SSSR count). The summed E-state index contributed by atoms with van der Waals surface area (Å²) in [6.07, 6.45) is 1.22. The van der Waals surface area contributed by atoms with Gasteiger partial charge in [0.25, 0.3) is 0 Å². The van der Waals surface area contributed by atoms with Gasteiger partial charge in [0.2, 0.25) is 0 Å². The molecule has 6 nitrogen and oxygen atoms in total. The summed E-state index contributed by atoms with van der Waals surface area (Å²) in [5.74, 6) is 1.73. The molecule has 3 heterocycles. The number of nitrogens with one attached hydrogen (secondary N) is 1. The van der Waals surface area contributed by atoms with Crippen LogP contribution in [0.4, 0.5) is 0 Å². The van der Waals surface area contributed by atoms with Crippen LogP contribution in [0.3, 0.4) is 0 Å². The van der Waals surface area contributed by atoms with E-state index in [9.17, 15) is 0 Å². The van der Waals surface area contributed by atoms with Gasteiger partial charge in [-0.25, -0.2) is 4.99 Å². The molecule has 0 bridgehead atoms. The van der Waals surface area contributed by atoms with Crippen molar-refractivity contribution in [3.05, 3.63) is 29.6 Å². The molecule has 1 aromatic rings. The first-order chi connectivity index (χ1) is 12.2. The predicted molar refractivity (Wildman–Crippen MR) is 101 cm³/mol. The van der Waals surface area contributed by atoms with Gasteiger partial charge < -0.3 is 15.0 Å². The quantitative estimate of drug-likeness (QED) is 0.648. The topological polar surface area (TPSA) is 53.0 Å². The molecule has 6 heteroatoms. The number of aryl methyl sites for hydroxylation is 1. The van der Waals surface area contributed by atoms with E-state index in [4.69, 9.17) is 9.73 Å². The summed E-state index contributed by atoms with van der Waals surface area (Å²) in [4.78, 5) is 14.3. The van der Waals surface area contributed by atoms with Crippen molar-refractivity contribution in [2.45, 2.75) is 26.8 Å². The van der Waals surface area contributed by atoms with E-state index in [0.29, 0.717) is 6.54 Å². The average molecular weight is 345 g/mol. The summed E-state index contributed by atoms with van der Waals surface area (Å²) in [6, 6.07) is 6.11. The molecule has 1 N–H and O–H groups in total. The van der Waals surface area contributed by atoms with Crippen LogP contribution < -0.4 is 5.32 Å². The maximum atomic E-state index is 5.50. The normalized spacial score (nSPS) is 22.4. The van der Waals surface area contributed by atoms with Crippen molar-refractivity contribution < 1.29 is 4.74 Å². The highest BCUT2D eigenvalue weighted by molar-refractivity contribution is 5.80. The lowest BCUT2D eigenvalue weighted by Crippen LogP contribution is -2.53. The summed E-state index contributed by atoms with van der Waals surface area (Å²) in [6.45, 7) is 13.0. The molecule has 0 aliphatic carbocycles. The van der Waals surface area contributed by atoms with Crippen LogP contribution in [-0.4, -0.2) is 73.2 Å². The summed E-state index contributed by atoms with van der Waals surface area (Å²) in [7, 11) is 0. The molecule has 2 aliphatic heterocycles. The van der Waals surface area contributed by atoms with Crippen LogP contribution in [0.2, 0.25) is 0 Å². The number of ether oxygens (including phenoxy) is 1. The van der Waals surface area contributed by atoms with Gasteiger partial charge in [0.15, 0.2) is 5.96 Å². The summed E-state index contributed by atoms with van der Waals surface area (Å²) in [5, 5.41) is 3.43. The zero-order chi connectivity index (χ0) is 17.5. The number of pyridine rings is 1. The molecule has 0 radical (unpaired) electrons. The van der Waals surface area contributed by atoms with Gasteiger partial charge in [-0.1, -0.05) is 6.07 Å². The molecule has 2 fully saturated rings. The first kappa shape index (κ1) is 18.1. The second-order valence-corrected chi connectivity index (χ2v) is 6.96. The SMILES string of the molecule is CCNC(=NCc1cccc(C)n1)N1CCN(C[C@@H]2CCOC2)CC1.